The van der Waals surface area contributed by atoms with Crippen LogP contribution in [0.1, 0.15) is 30.7 Å². The monoisotopic (exact) mass is 517 g/mol. The van der Waals surface area contributed by atoms with E-state index in [1.807, 2.05) is 32.0 Å². The molecule has 0 amide bonds. The Bertz CT molecular complexity index is 748. The highest BCUT2D eigenvalue weighted by atomic mass is 127. The molecule has 0 saturated carbocycles. The van der Waals surface area contributed by atoms with Crippen LogP contribution in [-0.4, -0.2) is 44.5 Å². The SMILES string of the molecule is CCNC(=NCc1ccc(C)cc1OCCOC)NCC(C)(O)c1ccco1.I. The van der Waals surface area contributed by atoms with E-state index in [4.69, 9.17) is 13.9 Å². The number of aryl methyl sites for hydroxylation is 1. The summed E-state index contributed by atoms with van der Waals surface area (Å²) in [4.78, 5) is 4.63. The number of hydrogen-bond acceptors (Lipinski definition) is 5. The van der Waals surface area contributed by atoms with Gasteiger partial charge in [0, 0.05) is 19.2 Å². The number of aliphatic imine (C=N–C) groups is 1. The molecular weight excluding hydrogens is 485 g/mol. The van der Waals surface area contributed by atoms with Gasteiger partial charge in [0.2, 0.25) is 0 Å². The first kappa shape index (κ1) is 25.3. The molecule has 1 atom stereocenters. The Kier molecular flexibility index (Phi) is 11.1. The van der Waals surface area contributed by atoms with Crippen molar-refractivity contribution >= 4 is 29.9 Å². The zero-order valence-electron chi connectivity index (χ0n) is 17.5. The van der Waals surface area contributed by atoms with Crippen molar-refractivity contribution in [2.75, 3.05) is 33.4 Å². The molecule has 1 heterocycles. The summed E-state index contributed by atoms with van der Waals surface area (Å²) in [6, 6.07) is 9.56. The van der Waals surface area contributed by atoms with Crippen LogP contribution in [0, 0.1) is 6.92 Å². The van der Waals surface area contributed by atoms with Crippen LogP contribution in [0.4, 0.5) is 0 Å². The van der Waals surface area contributed by atoms with Crippen LogP contribution in [0.25, 0.3) is 0 Å². The first-order chi connectivity index (χ1) is 13.5. The van der Waals surface area contributed by atoms with Crippen LogP contribution in [0.5, 0.6) is 5.75 Å². The van der Waals surface area contributed by atoms with E-state index in [0.717, 1.165) is 16.9 Å². The van der Waals surface area contributed by atoms with Crippen LogP contribution in [0.3, 0.4) is 0 Å². The van der Waals surface area contributed by atoms with Crippen molar-refractivity contribution in [1.29, 1.82) is 0 Å². The highest BCUT2D eigenvalue weighted by molar-refractivity contribution is 14.0. The third-order valence-electron chi connectivity index (χ3n) is 4.17. The van der Waals surface area contributed by atoms with E-state index in [9.17, 15) is 5.11 Å². The highest BCUT2D eigenvalue weighted by Crippen LogP contribution is 2.22. The Labute approximate surface area is 189 Å². The Hall–Kier alpha value is -1.78. The lowest BCUT2D eigenvalue weighted by Crippen LogP contribution is -2.44. The summed E-state index contributed by atoms with van der Waals surface area (Å²) in [6.45, 7) is 8.15. The van der Waals surface area contributed by atoms with Gasteiger partial charge < -0.3 is 29.6 Å². The Morgan fingerprint density at radius 2 is 2.03 bits per heavy atom. The van der Waals surface area contributed by atoms with Gasteiger partial charge in [0.1, 0.15) is 23.7 Å². The number of hydrogen-bond donors (Lipinski definition) is 3. The maximum atomic E-state index is 10.6. The molecule has 3 N–H and O–H groups in total. The molecule has 0 fully saturated rings. The molecule has 0 bridgehead atoms. The Morgan fingerprint density at radius 1 is 1.24 bits per heavy atom. The lowest BCUT2D eigenvalue weighted by molar-refractivity contribution is 0.0386. The fraction of sp³-hybridized carbons (Fsp3) is 0.476. The van der Waals surface area contributed by atoms with Crippen molar-refractivity contribution in [3.8, 4) is 5.75 Å². The van der Waals surface area contributed by atoms with Crippen LogP contribution >= 0.6 is 24.0 Å². The van der Waals surface area contributed by atoms with Crippen molar-refractivity contribution in [2.45, 2.75) is 32.9 Å². The number of nitrogens with one attached hydrogen (secondary N) is 2. The zero-order valence-corrected chi connectivity index (χ0v) is 19.9. The number of benzene rings is 1. The maximum Gasteiger partial charge on any atom is 0.191 e. The highest BCUT2D eigenvalue weighted by Gasteiger charge is 2.26. The Balaban J connectivity index is 0.00000420. The average molecular weight is 517 g/mol. The summed E-state index contributed by atoms with van der Waals surface area (Å²) >= 11 is 0. The largest absolute Gasteiger partial charge is 0.491 e. The molecule has 1 aromatic heterocycles. The molecule has 0 spiro atoms. The molecule has 0 aliphatic rings. The van der Waals surface area contributed by atoms with Gasteiger partial charge in [-0.3, -0.25) is 0 Å². The molecular formula is C21H32IN3O4. The van der Waals surface area contributed by atoms with E-state index in [2.05, 4.69) is 15.6 Å². The van der Waals surface area contributed by atoms with E-state index in [-0.39, 0.29) is 30.5 Å². The van der Waals surface area contributed by atoms with Gasteiger partial charge in [-0.1, -0.05) is 12.1 Å². The van der Waals surface area contributed by atoms with E-state index >= 15 is 0 Å². The molecule has 2 rings (SSSR count). The third-order valence-corrected chi connectivity index (χ3v) is 4.17. The molecule has 8 heteroatoms. The van der Waals surface area contributed by atoms with E-state index < -0.39 is 5.60 Å². The number of ether oxygens (including phenoxy) is 2. The van der Waals surface area contributed by atoms with E-state index in [1.165, 1.54) is 0 Å². The van der Waals surface area contributed by atoms with Crippen molar-refractivity contribution in [3.63, 3.8) is 0 Å². The molecule has 0 aliphatic carbocycles. The average Bonchev–Trinajstić information content (AvgIpc) is 3.21. The van der Waals surface area contributed by atoms with Gasteiger partial charge in [-0.25, -0.2) is 4.99 Å². The molecule has 162 valence electrons. The minimum absolute atomic E-state index is 0. The predicted molar refractivity (Wildman–Crippen MR) is 125 cm³/mol. The normalized spacial score (nSPS) is 13.3. The molecule has 1 unspecified atom stereocenters. The van der Waals surface area contributed by atoms with Gasteiger partial charge in [0.15, 0.2) is 5.96 Å². The maximum absolute atomic E-state index is 10.6. The van der Waals surface area contributed by atoms with Crippen molar-refractivity contribution < 1.29 is 19.0 Å². The summed E-state index contributed by atoms with van der Waals surface area (Å²) < 4.78 is 16.2. The number of methoxy groups -OCH3 is 1. The molecule has 1 aromatic carbocycles. The van der Waals surface area contributed by atoms with Crippen molar-refractivity contribution in [1.82, 2.24) is 10.6 Å². The first-order valence-electron chi connectivity index (χ1n) is 9.46. The van der Waals surface area contributed by atoms with Gasteiger partial charge in [0.05, 0.1) is 26.0 Å². The van der Waals surface area contributed by atoms with E-state index in [1.54, 1.807) is 32.4 Å². The second-order valence-corrected chi connectivity index (χ2v) is 6.75. The van der Waals surface area contributed by atoms with Crippen LogP contribution < -0.4 is 15.4 Å². The lowest BCUT2D eigenvalue weighted by Gasteiger charge is -2.22. The number of furan rings is 1. The lowest BCUT2D eigenvalue weighted by atomic mass is 10.0. The number of halogens is 1. The summed E-state index contributed by atoms with van der Waals surface area (Å²) in [6.07, 6.45) is 1.55. The smallest absolute Gasteiger partial charge is 0.191 e. The van der Waals surface area contributed by atoms with Crippen molar-refractivity contribution in [3.05, 3.63) is 53.5 Å². The van der Waals surface area contributed by atoms with Crippen molar-refractivity contribution in [2.24, 2.45) is 4.99 Å². The minimum atomic E-state index is -1.14. The molecule has 29 heavy (non-hydrogen) atoms. The van der Waals surface area contributed by atoms with Crippen LogP contribution in [0.15, 0.2) is 46.0 Å². The second kappa shape index (κ2) is 12.7. The second-order valence-electron chi connectivity index (χ2n) is 6.75. The van der Waals surface area contributed by atoms with Crippen LogP contribution in [0.2, 0.25) is 0 Å². The molecule has 2 aromatic rings. The van der Waals surface area contributed by atoms with Gasteiger partial charge in [-0.15, -0.1) is 24.0 Å². The number of aliphatic hydroxyl groups is 1. The fourth-order valence-electron chi connectivity index (χ4n) is 2.60. The summed E-state index contributed by atoms with van der Waals surface area (Å²) in [5, 5.41) is 17.0. The van der Waals surface area contributed by atoms with E-state index in [0.29, 0.717) is 38.0 Å². The molecule has 0 aliphatic heterocycles. The standard InChI is InChI=1S/C21H31N3O4.HI/c1-5-22-20(24-15-21(3,25)19-7-6-10-28-19)23-14-17-9-8-16(2)13-18(17)27-12-11-26-4;/h6-10,13,25H,5,11-12,14-15H2,1-4H3,(H2,22,23,24);1H. The van der Waals surface area contributed by atoms with Gasteiger partial charge in [-0.2, -0.15) is 0 Å². The van der Waals surface area contributed by atoms with Crippen LogP contribution in [-0.2, 0) is 16.9 Å². The third kappa shape index (κ3) is 8.23. The van der Waals surface area contributed by atoms with Gasteiger partial charge in [-0.05, 0) is 44.5 Å². The first-order valence-corrected chi connectivity index (χ1v) is 9.46. The number of guanidine groups is 1. The topological polar surface area (TPSA) is 88.3 Å². The Morgan fingerprint density at radius 3 is 2.69 bits per heavy atom. The quantitative estimate of drug-likeness (QED) is 0.194. The number of rotatable bonds is 10. The minimum Gasteiger partial charge on any atom is -0.491 e. The summed E-state index contributed by atoms with van der Waals surface area (Å²) in [5.74, 6) is 1.92. The number of nitrogens with zero attached hydrogens (tertiary/aromatic N) is 1. The summed E-state index contributed by atoms with van der Waals surface area (Å²) in [7, 11) is 1.65. The molecule has 7 nitrogen and oxygen atoms in total. The van der Waals surface area contributed by atoms with Gasteiger partial charge in [0.25, 0.3) is 0 Å². The fourth-order valence-corrected chi connectivity index (χ4v) is 2.60. The zero-order chi connectivity index (χ0) is 20.4. The van der Waals surface area contributed by atoms with Gasteiger partial charge >= 0.3 is 0 Å². The predicted octanol–water partition coefficient (Wildman–Crippen LogP) is 3.19. The summed E-state index contributed by atoms with van der Waals surface area (Å²) in [5.41, 5.74) is 0.967. The molecule has 0 saturated heterocycles. The molecule has 0 radical (unpaired) electrons.